The molecule has 0 saturated carbocycles. The van der Waals surface area contributed by atoms with Gasteiger partial charge in [0.25, 0.3) is 0 Å². The van der Waals surface area contributed by atoms with Crippen LogP contribution in [0.2, 0.25) is 0 Å². The van der Waals surface area contributed by atoms with Crippen LogP contribution in [0, 0.1) is 6.92 Å². The summed E-state index contributed by atoms with van der Waals surface area (Å²) in [5.41, 5.74) is 9.68. The first-order chi connectivity index (χ1) is 10.6. The fourth-order valence-corrected chi connectivity index (χ4v) is 4.05. The molecule has 5 heteroatoms. The standard InChI is InChI=1S/C17H19N3O2/c1-10-2-4-13-12(8-10)17(22)11-3-5-14-16(11)20(13)7-6-19(14)9-15(18)21/h2,4,8,14H,3,5-7,9H2,1H3,(H2,18,21)/t14-/m0/s1. The molecular weight excluding hydrogens is 278 g/mol. The third-order valence-electron chi connectivity index (χ3n) is 4.96. The summed E-state index contributed by atoms with van der Waals surface area (Å²) in [5.74, 6) is -0.305. The fraction of sp³-hybridized carbons (Fsp3) is 0.412. The number of hydrogen-bond acceptors (Lipinski definition) is 3. The molecule has 0 unspecified atom stereocenters. The first kappa shape index (κ1) is 13.5. The first-order valence-electron chi connectivity index (χ1n) is 7.74. The predicted octanol–water partition coefficient (Wildman–Crippen LogP) is 1.10. The zero-order valence-electron chi connectivity index (χ0n) is 12.6. The minimum atomic E-state index is -0.305. The van der Waals surface area contributed by atoms with E-state index in [1.807, 2.05) is 19.1 Å². The van der Waals surface area contributed by atoms with E-state index in [0.29, 0.717) is 0 Å². The minimum absolute atomic E-state index is 0.148. The van der Waals surface area contributed by atoms with E-state index in [4.69, 9.17) is 5.73 Å². The van der Waals surface area contributed by atoms with Crippen molar-refractivity contribution in [2.24, 2.45) is 5.73 Å². The van der Waals surface area contributed by atoms with Crippen molar-refractivity contribution in [1.82, 2.24) is 9.47 Å². The number of aryl methyl sites for hydroxylation is 1. The van der Waals surface area contributed by atoms with E-state index in [2.05, 4.69) is 15.5 Å². The molecule has 0 bridgehead atoms. The second kappa shape index (κ2) is 4.68. The molecule has 5 nitrogen and oxygen atoms in total. The Kier molecular flexibility index (Phi) is 2.87. The van der Waals surface area contributed by atoms with Crippen LogP contribution in [-0.2, 0) is 17.8 Å². The molecule has 2 N–H and O–H groups in total. The molecule has 1 aromatic carbocycles. The lowest BCUT2D eigenvalue weighted by Gasteiger charge is -2.36. The van der Waals surface area contributed by atoms with Crippen molar-refractivity contribution in [2.45, 2.75) is 32.4 Å². The number of primary amides is 1. The smallest absolute Gasteiger partial charge is 0.231 e. The van der Waals surface area contributed by atoms with E-state index in [-0.39, 0.29) is 23.9 Å². The maximum atomic E-state index is 12.8. The van der Waals surface area contributed by atoms with Gasteiger partial charge in [0, 0.05) is 29.7 Å². The van der Waals surface area contributed by atoms with Crippen molar-refractivity contribution in [3.05, 3.63) is 45.2 Å². The average Bonchev–Trinajstić information content (AvgIpc) is 2.92. The number of amides is 1. The summed E-state index contributed by atoms with van der Waals surface area (Å²) < 4.78 is 2.28. The quantitative estimate of drug-likeness (QED) is 0.902. The summed E-state index contributed by atoms with van der Waals surface area (Å²) in [6, 6.07) is 6.24. The monoisotopic (exact) mass is 297 g/mol. The van der Waals surface area contributed by atoms with Crippen molar-refractivity contribution in [3.63, 3.8) is 0 Å². The molecule has 0 fully saturated rings. The number of carbonyl (C=O) groups is 1. The van der Waals surface area contributed by atoms with E-state index in [0.717, 1.165) is 53.7 Å². The lowest BCUT2D eigenvalue weighted by Crippen LogP contribution is -2.42. The molecule has 1 aliphatic carbocycles. The lowest BCUT2D eigenvalue weighted by molar-refractivity contribution is -0.120. The molecule has 2 aliphatic rings. The molecule has 0 saturated heterocycles. The molecule has 22 heavy (non-hydrogen) atoms. The zero-order valence-corrected chi connectivity index (χ0v) is 12.6. The molecule has 1 aromatic heterocycles. The number of carbonyl (C=O) groups excluding carboxylic acids is 1. The maximum Gasteiger partial charge on any atom is 0.231 e. The molecule has 0 spiro atoms. The molecule has 1 atom stereocenters. The molecular formula is C17H19N3O2. The van der Waals surface area contributed by atoms with Crippen LogP contribution in [0.15, 0.2) is 23.0 Å². The Balaban J connectivity index is 1.96. The third kappa shape index (κ3) is 1.82. The topological polar surface area (TPSA) is 68.3 Å². The van der Waals surface area contributed by atoms with Crippen molar-refractivity contribution in [3.8, 4) is 0 Å². The van der Waals surface area contributed by atoms with Gasteiger partial charge in [-0.05, 0) is 31.9 Å². The van der Waals surface area contributed by atoms with Crippen LogP contribution in [0.25, 0.3) is 10.9 Å². The first-order valence-corrected chi connectivity index (χ1v) is 7.74. The molecule has 2 heterocycles. The van der Waals surface area contributed by atoms with Crippen LogP contribution in [-0.4, -0.2) is 28.5 Å². The van der Waals surface area contributed by atoms with Gasteiger partial charge in [-0.1, -0.05) is 11.6 Å². The highest BCUT2D eigenvalue weighted by atomic mass is 16.1. The summed E-state index contributed by atoms with van der Waals surface area (Å²) >= 11 is 0. The summed E-state index contributed by atoms with van der Waals surface area (Å²) in [5, 5.41) is 0.822. The SMILES string of the molecule is Cc1ccc2c(c1)c(=O)c1c3n2CCN(CC(N)=O)[C@H]3CC1. The molecule has 114 valence electrons. The number of rotatable bonds is 2. The summed E-state index contributed by atoms with van der Waals surface area (Å²) in [6.07, 6.45) is 1.69. The van der Waals surface area contributed by atoms with Gasteiger partial charge in [-0.25, -0.2) is 0 Å². The number of benzene rings is 1. The predicted molar refractivity (Wildman–Crippen MR) is 84.8 cm³/mol. The van der Waals surface area contributed by atoms with Crippen molar-refractivity contribution >= 4 is 16.8 Å². The molecule has 1 aliphatic heterocycles. The summed E-state index contributed by atoms with van der Waals surface area (Å²) in [7, 11) is 0. The van der Waals surface area contributed by atoms with Crippen molar-refractivity contribution in [2.75, 3.05) is 13.1 Å². The van der Waals surface area contributed by atoms with E-state index < -0.39 is 0 Å². The number of hydrogen-bond donors (Lipinski definition) is 1. The molecule has 2 aromatic rings. The number of pyridine rings is 1. The third-order valence-corrected chi connectivity index (χ3v) is 4.96. The van der Waals surface area contributed by atoms with Gasteiger partial charge in [0.2, 0.25) is 5.91 Å². The van der Waals surface area contributed by atoms with Gasteiger partial charge in [-0.3, -0.25) is 14.5 Å². The lowest BCUT2D eigenvalue weighted by atomic mass is 10.0. The van der Waals surface area contributed by atoms with Gasteiger partial charge < -0.3 is 10.3 Å². The van der Waals surface area contributed by atoms with Gasteiger partial charge in [0.05, 0.1) is 18.1 Å². The normalized spacial score (nSPS) is 20.3. The van der Waals surface area contributed by atoms with Crippen molar-refractivity contribution in [1.29, 1.82) is 0 Å². The Hall–Kier alpha value is -2.14. The number of aromatic nitrogens is 1. The van der Waals surface area contributed by atoms with Crippen LogP contribution in [0.4, 0.5) is 0 Å². The fourth-order valence-electron chi connectivity index (χ4n) is 4.05. The molecule has 4 rings (SSSR count). The summed E-state index contributed by atoms with van der Waals surface area (Å²) in [6.45, 7) is 3.88. The Morgan fingerprint density at radius 1 is 1.36 bits per heavy atom. The van der Waals surface area contributed by atoms with E-state index >= 15 is 0 Å². The van der Waals surface area contributed by atoms with E-state index in [9.17, 15) is 9.59 Å². The Morgan fingerprint density at radius 3 is 2.95 bits per heavy atom. The van der Waals surface area contributed by atoms with Gasteiger partial charge in [-0.15, -0.1) is 0 Å². The number of nitrogens with zero attached hydrogens (tertiary/aromatic N) is 2. The van der Waals surface area contributed by atoms with Crippen LogP contribution in [0.5, 0.6) is 0 Å². The highest BCUT2D eigenvalue weighted by molar-refractivity contribution is 5.81. The van der Waals surface area contributed by atoms with Gasteiger partial charge in [0.15, 0.2) is 5.43 Å². The largest absolute Gasteiger partial charge is 0.369 e. The van der Waals surface area contributed by atoms with Crippen LogP contribution >= 0.6 is 0 Å². The summed E-state index contributed by atoms with van der Waals surface area (Å²) in [4.78, 5) is 26.2. The van der Waals surface area contributed by atoms with E-state index in [1.54, 1.807) is 0 Å². The second-order valence-corrected chi connectivity index (χ2v) is 6.36. The van der Waals surface area contributed by atoms with Crippen molar-refractivity contribution < 1.29 is 4.79 Å². The van der Waals surface area contributed by atoms with Gasteiger partial charge >= 0.3 is 0 Å². The van der Waals surface area contributed by atoms with Crippen LogP contribution in [0.1, 0.15) is 29.3 Å². The minimum Gasteiger partial charge on any atom is -0.369 e. The Morgan fingerprint density at radius 2 is 2.18 bits per heavy atom. The highest BCUT2D eigenvalue weighted by Gasteiger charge is 2.36. The average molecular weight is 297 g/mol. The second-order valence-electron chi connectivity index (χ2n) is 6.36. The van der Waals surface area contributed by atoms with Crippen LogP contribution in [0.3, 0.4) is 0 Å². The Labute approximate surface area is 128 Å². The zero-order chi connectivity index (χ0) is 15.4. The van der Waals surface area contributed by atoms with Gasteiger partial charge in [-0.2, -0.15) is 0 Å². The van der Waals surface area contributed by atoms with Gasteiger partial charge in [0.1, 0.15) is 0 Å². The maximum absolute atomic E-state index is 12.8. The molecule has 0 radical (unpaired) electrons. The molecule has 1 amide bonds. The highest BCUT2D eigenvalue weighted by Crippen LogP contribution is 2.38. The number of fused-ring (bicyclic) bond motifs is 2. The van der Waals surface area contributed by atoms with E-state index in [1.165, 1.54) is 0 Å². The van der Waals surface area contributed by atoms with Crippen LogP contribution < -0.4 is 11.2 Å². The Bertz CT molecular complexity index is 853. The number of nitrogens with two attached hydrogens (primary N) is 1.